The molecule has 2 rings (SSSR count). The first-order chi connectivity index (χ1) is 9.78. The van der Waals surface area contributed by atoms with Crippen molar-refractivity contribution in [3.05, 3.63) is 29.8 Å². The van der Waals surface area contributed by atoms with E-state index in [9.17, 15) is 4.79 Å². The molecule has 0 radical (unpaired) electrons. The second-order valence-electron chi connectivity index (χ2n) is 4.88. The minimum absolute atomic E-state index is 0. The lowest BCUT2D eigenvalue weighted by molar-refractivity contribution is -0.122. The molecule has 2 N–H and O–H groups in total. The monoisotopic (exact) mass is 349 g/mol. The predicted octanol–water partition coefficient (Wildman–Crippen LogP) is 1.45. The van der Waals surface area contributed by atoms with Gasteiger partial charge in [0.05, 0.1) is 13.2 Å². The number of amides is 1. The van der Waals surface area contributed by atoms with Gasteiger partial charge in [0.2, 0.25) is 5.91 Å². The zero-order valence-electron chi connectivity index (χ0n) is 12.8. The molecule has 0 unspecified atom stereocenters. The number of carbonyl (C=O) groups is 1. The van der Waals surface area contributed by atoms with E-state index in [0.29, 0.717) is 19.7 Å². The molecule has 0 spiro atoms. The molecule has 0 saturated carbocycles. The minimum atomic E-state index is 0. The van der Waals surface area contributed by atoms with E-state index >= 15 is 0 Å². The number of ether oxygens (including phenoxy) is 1. The Bertz CT molecular complexity index is 441. The molecule has 0 atom stereocenters. The van der Waals surface area contributed by atoms with Crippen LogP contribution in [-0.4, -0.2) is 50.1 Å². The van der Waals surface area contributed by atoms with E-state index < -0.39 is 0 Å². The first-order valence-corrected chi connectivity index (χ1v) is 7.19. The number of nitrogens with zero attached hydrogens (tertiary/aromatic N) is 1. The van der Waals surface area contributed by atoms with Crippen LogP contribution in [0.5, 0.6) is 5.75 Å². The summed E-state index contributed by atoms with van der Waals surface area (Å²) >= 11 is 0. The highest BCUT2D eigenvalue weighted by atomic mass is 35.5. The number of carbonyl (C=O) groups excluding carboxylic acids is 1. The lowest BCUT2D eigenvalue weighted by Gasteiger charge is -2.26. The minimum Gasteiger partial charge on any atom is -0.494 e. The molecule has 126 valence electrons. The SMILES string of the molecule is CCOc1cccc(CNC(=O)CN2CCNCC2)c1.Cl.Cl. The number of hydrogen-bond acceptors (Lipinski definition) is 4. The zero-order valence-corrected chi connectivity index (χ0v) is 14.5. The second-order valence-corrected chi connectivity index (χ2v) is 4.88. The van der Waals surface area contributed by atoms with Gasteiger partial charge in [0, 0.05) is 32.7 Å². The van der Waals surface area contributed by atoms with Gasteiger partial charge >= 0.3 is 0 Å². The third-order valence-electron chi connectivity index (χ3n) is 3.28. The van der Waals surface area contributed by atoms with Crippen molar-refractivity contribution in [2.75, 3.05) is 39.3 Å². The quantitative estimate of drug-likeness (QED) is 0.816. The largest absolute Gasteiger partial charge is 0.494 e. The number of benzene rings is 1. The molecular weight excluding hydrogens is 325 g/mol. The lowest BCUT2D eigenvalue weighted by Crippen LogP contribution is -2.47. The van der Waals surface area contributed by atoms with Gasteiger partial charge in [0.15, 0.2) is 0 Å². The van der Waals surface area contributed by atoms with E-state index in [1.54, 1.807) is 0 Å². The Morgan fingerprint density at radius 2 is 2.05 bits per heavy atom. The molecule has 5 nitrogen and oxygen atoms in total. The van der Waals surface area contributed by atoms with Crippen molar-refractivity contribution in [2.45, 2.75) is 13.5 Å². The van der Waals surface area contributed by atoms with Crippen molar-refractivity contribution in [2.24, 2.45) is 0 Å². The van der Waals surface area contributed by atoms with Gasteiger partial charge in [-0.2, -0.15) is 0 Å². The fraction of sp³-hybridized carbons (Fsp3) is 0.533. The van der Waals surface area contributed by atoms with Gasteiger partial charge in [0.25, 0.3) is 0 Å². The van der Waals surface area contributed by atoms with E-state index in [2.05, 4.69) is 15.5 Å². The number of hydrogen-bond donors (Lipinski definition) is 2. The van der Waals surface area contributed by atoms with E-state index in [1.165, 1.54) is 0 Å². The fourth-order valence-corrected chi connectivity index (χ4v) is 2.24. The van der Waals surface area contributed by atoms with Crippen LogP contribution in [-0.2, 0) is 11.3 Å². The molecule has 1 aromatic carbocycles. The molecule has 0 bridgehead atoms. The Balaban J connectivity index is 0.00000220. The van der Waals surface area contributed by atoms with Crippen molar-refractivity contribution in [3.8, 4) is 5.75 Å². The molecule has 1 aliphatic rings. The van der Waals surface area contributed by atoms with E-state index in [-0.39, 0.29) is 30.7 Å². The molecule has 1 saturated heterocycles. The van der Waals surface area contributed by atoms with Crippen molar-refractivity contribution in [3.63, 3.8) is 0 Å². The van der Waals surface area contributed by atoms with Gasteiger partial charge in [-0.15, -0.1) is 24.8 Å². The van der Waals surface area contributed by atoms with Gasteiger partial charge in [0.1, 0.15) is 5.75 Å². The summed E-state index contributed by atoms with van der Waals surface area (Å²) in [5, 5.41) is 6.24. The second kappa shape index (κ2) is 11.5. The van der Waals surface area contributed by atoms with Gasteiger partial charge in [-0.1, -0.05) is 12.1 Å². The van der Waals surface area contributed by atoms with E-state index in [1.807, 2.05) is 31.2 Å². The average Bonchev–Trinajstić information content (AvgIpc) is 2.47. The number of rotatable bonds is 6. The van der Waals surface area contributed by atoms with Crippen LogP contribution in [0.3, 0.4) is 0 Å². The molecule has 1 aromatic rings. The third kappa shape index (κ3) is 7.31. The Labute approximate surface area is 144 Å². The van der Waals surface area contributed by atoms with Crippen LogP contribution >= 0.6 is 24.8 Å². The lowest BCUT2D eigenvalue weighted by atomic mass is 10.2. The maximum atomic E-state index is 11.9. The first-order valence-electron chi connectivity index (χ1n) is 7.19. The van der Waals surface area contributed by atoms with Crippen molar-refractivity contribution >= 4 is 30.7 Å². The highest BCUT2D eigenvalue weighted by Crippen LogP contribution is 2.12. The Morgan fingerprint density at radius 3 is 2.73 bits per heavy atom. The van der Waals surface area contributed by atoms with Gasteiger partial charge in [-0.05, 0) is 24.6 Å². The molecule has 1 aliphatic heterocycles. The summed E-state index contributed by atoms with van der Waals surface area (Å²) in [5.74, 6) is 0.926. The molecular formula is C15H25Cl2N3O2. The van der Waals surface area contributed by atoms with Gasteiger partial charge < -0.3 is 15.4 Å². The molecule has 1 heterocycles. The van der Waals surface area contributed by atoms with Crippen LogP contribution in [0, 0.1) is 0 Å². The smallest absolute Gasteiger partial charge is 0.234 e. The van der Waals surface area contributed by atoms with Crippen LogP contribution < -0.4 is 15.4 Å². The molecule has 22 heavy (non-hydrogen) atoms. The molecule has 1 amide bonds. The maximum absolute atomic E-state index is 11.9. The predicted molar refractivity (Wildman–Crippen MR) is 93.3 cm³/mol. The van der Waals surface area contributed by atoms with Crippen LogP contribution in [0.2, 0.25) is 0 Å². The number of halogens is 2. The fourth-order valence-electron chi connectivity index (χ4n) is 2.24. The van der Waals surface area contributed by atoms with Crippen molar-refractivity contribution in [1.29, 1.82) is 0 Å². The number of piperazine rings is 1. The molecule has 7 heteroatoms. The number of nitrogens with one attached hydrogen (secondary N) is 2. The van der Waals surface area contributed by atoms with Gasteiger partial charge in [-0.3, -0.25) is 9.69 Å². The van der Waals surface area contributed by atoms with Crippen LogP contribution in [0.1, 0.15) is 12.5 Å². The van der Waals surface area contributed by atoms with Crippen molar-refractivity contribution in [1.82, 2.24) is 15.5 Å². The third-order valence-corrected chi connectivity index (χ3v) is 3.28. The summed E-state index contributed by atoms with van der Waals surface area (Å²) in [7, 11) is 0. The standard InChI is InChI=1S/C15H23N3O2.2ClH/c1-2-20-14-5-3-4-13(10-14)11-17-15(19)12-18-8-6-16-7-9-18;;/h3-5,10,16H,2,6-9,11-12H2,1H3,(H,17,19);2*1H. The molecule has 0 aliphatic carbocycles. The molecule has 1 fully saturated rings. The normalized spacial score (nSPS) is 14.4. The summed E-state index contributed by atoms with van der Waals surface area (Å²) in [6.45, 7) is 7.44. The average molecular weight is 350 g/mol. The highest BCUT2D eigenvalue weighted by Gasteiger charge is 2.13. The maximum Gasteiger partial charge on any atom is 0.234 e. The summed E-state index contributed by atoms with van der Waals surface area (Å²) in [5.41, 5.74) is 1.06. The Kier molecular flexibility index (Phi) is 11.0. The van der Waals surface area contributed by atoms with Gasteiger partial charge in [-0.25, -0.2) is 0 Å². The first kappa shape index (κ1) is 21.0. The summed E-state index contributed by atoms with van der Waals surface area (Å²) < 4.78 is 5.45. The Morgan fingerprint density at radius 1 is 1.32 bits per heavy atom. The summed E-state index contributed by atoms with van der Waals surface area (Å²) in [6, 6.07) is 7.83. The van der Waals surface area contributed by atoms with Crippen LogP contribution in [0.4, 0.5) is 0 Å². The van der Waals surface area contributed by atoms with Crippen LogP contribution in [0.15, 0.2) is 24.3 Å². The Hall–Kier alpha value is -1.01. The summed E-state index contributed by atoms with van der Waals surface area (Å²) in [4.78, 5) is 14.1. The highest BCUT2D eigenvalue weighted by molar-refractivity contribution is 5.85. The van der Waals surface area contributed by atoms with Crippen LogP contribution in [0.25, 0.3) is 0 Å². The topological polar surface area (TPSA) is 53.6 Å². The van der Waals surface area contributed by atoms with Crippen molar-refractivity contribution < 1.29 is 9.53 Å². The van der Waals surface area contributed by atoms with E-state index in [0.717, 1.165) is 37.5 Å². The van der Waals surface area contributed by atoms with E-state index in [4.69, 9.17) is 4.74 Å². The molecule has 0 aromatic heterocycles. The summed E-state index contributed by atoms with van der Waals surface area (Å²) in [6.07, 6.45) is 0. The zero-order chi connectivity index (χ0) is 14.2.